The number of ether oxygens (including phenoxy) is 1. The monoisotopic (exact) mass is 417 g/mol. The van der Waals surface area contributed by atoms with Crippen molar-refractivity contribution < 1.29 is 14.3 Å². The zero-order valence-electron chi connectivity index (χ0n) is 16.1. The Labute approximate surface area is 179 Å². The minimum Gasteiger partial charge on any atom is -0.452 e. The Morgan fingerprint density at radius 2 is 1.70 bits per heavy atom. The molecule has 1 aromatic heterocycles. The van der Waals surface area contributed by atoms with E-state index in [1.165, 1.54) is 16.7 Å². The summed E-state index contributed by atoms with van der Waals surface area (Å²) in [4.78, 5) is 32.0. The summed E-state index contributed by atoms with van der Waals surface area (Å²) in [7, 11) is 0. The molecule has 1 amide bonds. The van der Waals surface area contributed by atoms with Gasteiger partial charge in [-0.1, -0.05) is 48.2 Å². The molecule has 0 aliphatic carbocycles. The maximum Gasteiger partial charge on any atom is 0.341 e. The van der Waals surface area contributed by atoms with Gasteiger partial charge in [-0.2, -0.15) is 5.26 Å². The van der Waals surface area contributed by atoms with Gasteiger partial charge in [0.15, 0.2) is 6.61 Å². The van der Waals surface area contributed by atoms with E-state index >= 15 is 0 Å². The van der Waals surface area contributed by atoms with Gasteiger partial charge in [-0.05, 0) is 36.4 Å². The molecule has 0 saturated carbocycles. The number of esters is 1. The second-order valence-corrected chi connectivity index (χ2v) is 7.20. The molecule has 7 heteroatoms. The molecular weight excluding hydrogens is 398 g/mol. The van der Waals surface area contributed by atoms with Crippen molar-refractivity contribution in [2.24, 2.45) is 0 Å². The Hall–Kier alpha value is -3.63. The first kappa shape index (κ1) is 21.1. The predicted octanol–water partition coefficient (Wildman–Crippen LogP) is 4.34. The third kappa shape index (κ3) is 5.69. The molecule has 0 saturated heterocycles. The third-order valence-electron chi connectivity index (χ3n) is 4.09. The fraction of sp³-hybridized carbons (Fsp3) is 0.130. The Morgan fingerprint density at radius 3 is 2.40 bits per heavy atom. The maximum absolute atomic E-state index is 12.7. The highest BCUT2D eigenvalue weighted by molar-refractivity contribution is 7.99. The van der Waals surface area contributed by atoms with Crippen molar-refractivity contribution >= 4 is 29.3 Å². The van der Waals surface area contributed by atoms with Crippen LogP contribution in [0.1, 0.15) is 16.8 Å². The molecule has 30 heavy (non-hydrogen) atoms. The number of hydrogen-bond acceptors (Lipinski definition) is 6. The lowest BCUT2D eigenvalue weighted by Crippen LogP contribution is -2.35. The molecule has 0 N–H and O–H groups in total. The second-order valence-electron chi connectivity index (χ2n) is 6.14. The van der Waals surface area contributed by atoms with Crippen LogP contribution in [0.4, 0.5) is 5.69 Å². The molecule has 0 fully saturated rings. The lowest BCUT2D eigenvalue weighted by molar-refractivity contribution is -0.121. The van der Waals surface area contributed by atoms with Gasteiger partial charge in [-0.25, -0.2) is 9.78 Å². The van der Waals surface area contributed by atoms with E-state index in [-0.39, 0.29) is 13.0 Å². The summed E-state index contributed by atoms with van der Waals surface area (Å²) in [6, 6.07) is 23.8. The number of para-hydroxylation sites is 1. The topological polar surface area (TPSA) is 83.3 Å². The molecule has 0 atom stereocenters. The number of amides is 1. The van der Waals surface area contributed by atoms with Gasteiger partial charge in [-0.3, -0.25) is 4.79 Å². The number of nitriles is 1. The molecule has 0 bridgehead atoms. The van der Waals surface area contributed by atoms with Gasteiger partial charge in [-0.15, -0.1) is 0 Å². The highest BCUT2D eigenvalue weighted by Crippen LogP contribution is 2.28. The maximum atomic E-state index is 12.7. The summed E-state index contributed by atoms with van der Waals surface area (Å²) in [6.07, 6.45) is 1.78. The van der Waals surface area contributed by atoms with E-state index < -0.39 is 18.5 Å². The van der Waals surface area contributed by atoms with Crippen LogP contribution in [0, 0.1) is 11.3 Å². The molecule has 0 spiro atoms. The van der Waals surface area contributed by atoms with Gasteiger partial charge in [0.05, 0.1) is 18.1 Å². The zero-order valence-corrected chi connectivity index (χ0v) is 16.9. The SMILES string of the molecule is N#CCCN(C(=O)COC(=O)c1cccnc1Sc1ccccc1)c1ccccc1. The van der Waals surface area contributed by atoms with E-state index in [1.807, 2.05) is 42.5 Å². The molecule has 0 aliphatic heterocycles. The quantitative estimate of drug-likeness (QED) is 0.507. The summed E-state index contributed by atoms with van der Waals surface area (Å²) >= 11 is 1.35. The van der Waals surface area contributed by atoms with E-state index in [0.717, 1.165) is 4.90 Å². The third-order valence-corrected chi connectivity index (χ3v) is 5.12. The van der Waals surface area contributed by atoms with Crippen molar-refractivity contribution in [3.8, 4) is 6.07 Å². The second kappa shape index (κ2) is 10.8. The number of benzene rings is 2. The summed E-state index contributed by atoms with van der Waals surface area (Å²) in [5, 5.41) is 9.38. The minimum atomic E-state index is -0.622. The summed E-state index contributed by atoms with van der Waals surface area (Å²) in [6.45, 7) is -0.206. The lowest BCUT2D eigenvalue weighted by atomic mass is 10.2. The average Bonchev–Trinajstić information content (AvgIpc) is 2.79. The number of anilines is 1. The van der Waals surface area contributed by atoms with E-state index in [4.69, 9.17) is 10.00 Å². The molecule has 1 heterocycles. The van der Waals surface area contributed by atoms with Crippen LogP contribution in [0.2, 0.25) is 0 Å². The first-order valence-electron chi connectivity index (χ1n) is 9.26. The molecule has 150 valence electrons. The van der Waals surface area contributed by atoms with Crippen LogP contribution < -0.4 is 4.90 Å². The summed E-state index contributed by atoms with van der Waals surface area (Å²) in [5.74, 6) is -1.02. The Bertz CT molecular complexity index is 1040. The highest BCUT2D eigenvalue weighted by Gasteiger charge is 2.20. The van der Waals surface area contributed by atoms with Crippen molar-refractivity contribution in [2.75, 3.05) is 18.1 Å². The predicted molar refractivity (Wildman–Crippen MR) is 114 cm³/mol. The first-order valence-corrected chi connectivity index (χ1v) is 10.1. The number of carbonyl (C=O) groups is 2. The van der Waals surface area contributed by atoms with Crippen LogP contribution >= 0.6 is 11.8 Å². The molecule has 0 radical (unpaired) electrons. The smallest absolute Gasteiger partial charge is 0.341 e. The number of nitrogens with zero attached hydrogens (tertiary/aromatic N) is 3. The fourth-order valence-corrected chi connectivity index (χ4v) is 3.57. The molecule has 6 nitrogen and oxygen atoms in total. The van der Waals surface area contributed by atoms with Crippen molar-refractivity contribution in [1.29, 1.82) is 5.26 Å². The van der Waals surface area contributed by atoms with Crippen molar-refractivity contribution in [3.63, 3.8) is 0 Å². The van der Waals surface area contributed by atoms with Crippen molar-refractivity contribution in [1.82, 2.24) is 4.98 Å². The van der Waals surface area contributed by atoms with E-state index in [1.54, 1.807) is 42.6 Å². The van der Waals surface area contributed by atoms with E-state index in [0.29, 0.717) is 16.3 Å². The van der Waals surface area contributed by atoms with Crippen LogP contribution in [0.5, 0.6) is 0 Å². The molecular formula is C23H19N3O3S. The number of carbonyl (C=O) groups excluding carboxylic acids is 2. The van der Waals surface area contributed by atoms with Crippen molar-refractivity contribution in [3.05, 3.63) is 84.6 Å². The van der Waals surface area contributed by atoms with Crippen LogP contribution in [0.3, 0.4) is 0 Å². The molecule has 0 unspecified atom stereocenters. The summed E-state index contributed by atoms with van der Waals surface area (Å²) < 4.78 is 5.28. The fourth-order valence-electron chi connectivity index (χ4n) is 2.68. The molecule has 3 rings (SSSR count). The Morgan fingerprint density at radius 1 is 1.00 bits per heavy atom. The number of pyridine rings is 1. The van der Waals surface area contributed by atoms with Crippen LogP contribution in [-0.2, 0) is 9.53 Å². The zero-order chi connectivity index (χ0) is 21.2. The summed E-state index contributed by atoms with van der Waals surface area (Å²) in [5.41, 5.74) is 0.943. The Kier molecular flexibility index (Phi) is 7.58. The van der Waals surface area contributed by atoms with Gasteiger partial charge in [0.25, 0.3) is 5.91 Å². The van der Waals surface area contributed by atoms with Gasteiger partial charge in [0, 0.05) is 23.3 Å². The molecule has 3 aromatic rings. The number of rotatable bonds is 8. The van der Waals surface area contributed by atoms with Crippen LogP contribution in [0.25, 0.3) is 0 Å². The van der Waals surface area contributed by atoms with Gasteiger partial charge in [0.1, 0.15) is 5.03 Å². The Balaban J connectivity index is 1.69. The van der Waals surface area contributed by atoms with Crippen molar-refractivity contribution in [2.45, 2.75) is 16.3 Å². The van der Waals surface area contributed by atoms with Crippen LogP contribution in [-0.4, -0.2) is 30.0 Å². The van der Waals surface area contributed by atoms with Gasteiger partial charge in [0.2, 0.25) is 0 Å². The van der Waals surface area contributed by atoms with E-state index in [2.05, 4.69) is 4.98 Å². The average molecular weight is 417 g/mol. The largest absolute Gasteiger partial charge is 0.452 e. The normalized spacial score (nSPS) is 10.1. The van der Waals surface area contributed by atoms with Gasteiger partial charge >= 0.3 is 5.97 Å². The first-order chi connectivity index (χ1) is 14.7. The lowest BCUT2D eigenvalue weighted by Gasteiger charge is -2.21. The van der Waals surface area contributed by atoms with E-state index in [9.17, 15) is 9.59 Å². The van der Waals surface area contributed by atoms with Crippen LogP contribution in [0.15, 0.2) is 88.9 Å². The molecule has 0 aliphatic rings. The highest BCUT2D eigenvalue weighted by atomic mass is 32.2. The van der Waals surface area contributed by atoms with Gasteiger partial charge < -0.3 is 9.64 Å². The minimum absolute atomic E-state index is 0.176. The standard InChI is InChI=1S/C23H19N3O3S/c24-14-8-16-26(18-9-3-1-4-10-18)21(27)17-29-23(28)20-13-7-15-25-22(20)30-19-11-5-2-6-12-19/h1-7,9-13,15H,8,16-17H2. The molecule has 2 aromatic carbocycles. The number of hydrogen-bond donors (Lipinski definition) is 0. The number of aromatic nitrogens is 1.